The Morgan fingerprint density at radius 1 is 1.00 bits per heavy atom. The number of halogens is 1. The van der Waals surface area contributed by atoms with Crippen LogP contribution in [0.15, 0.2) is 83.8 Å². The third-order valence-electron chi connectivity index (χ3n) is 4.74. The number of benzene rings is 3. The summed E-state index contributed by atoms with van der Waals surface area (Å²) in [6.45, 7) is 0. The van der Waals surface area contributed by atoms with Crippen molar-refractivity contribution in [1.82, 2.24) is 10.2 Å². The van der Waals surface area contributed by atoms with Crippen LogP contribution in [0.5, 0.6) is 5.75 Å². The number of aromatic amines is 1. The zero-order valence-electron chi connectivity index (χ0n) is 17.4. The first-order valence-electron chi connectivity index (χ1n) is 9.74. The Morgan fingerprint density at radius 3 is 2.39 bits per heavy atom. The van der Waals surface area contributed by atoms with Crippen molar-refractivity contribution in [2.75, 3.05) is 17.1 Å². The van der Waals surface area contributed by atoms with Gasteiger partial charge >= 0.3 is 0 Å². The van der Waals surface area contributed by atoms with Crippen LogP contribution in [0, 0.1) is 0 Å². The Morgan fingerprint density at radius 2 is 1.70 bits per heavy atom. The second kappa shape index (κ2) is 9.35. The van der Waals surface area contributed by atoms with E-state index < -0.39 is 15.9 Å². The van der Waals surface area contributed by atoms with Crippen LogP contribution in [0.3, 0.4) is 0 Å². The Bertz CT molecular complexity index is 1380. The molecule has 0 saturated carbocycles. The molecule has 0 spiro atoms. The van der Waals surface area contributed by atoms with Crippen LogP contribution in [0.25, 0.3) is 11.3 Å². The fourth-order valence-corrected chi connectivity index (χ4v) is 4.28. The molecule has 8 nitrogen and oxygen atoms in total. The lowest BCUT2D eigenvalue weighted by atomic mass is 10.1. The molecule has 1 heterocycles. The molecule has 168 valence electrons. The fraction of sp³-hybridized carbons (Fsp3) is 0.0435. The molecule has 0 bridgehead atoms. The SMILES string of the molecule is COc1ccccc1-c1cc(NC(=O)c2ccc(S(=O)(=O)Nc3ccc(Cl)cc3)cc2)n[nH]1. The number of amides is 1. The van der Waals surface area contributed by atoms with Gasteiger partial charge in [0.2, 0.25) is 0 Å². The van der Waals surface area contributed by atoms with Crippen molar-refractivity contribution < 1.29 is 17.9 Å². The van der Waals surface area contributed by atoms with Crippen molar-refractivity contribution in [2.45, 2.75) is 4.90 Å². The number of hydrogen-bond donors (Lipinski definition) is 3. The van der Waals surface area contributed by atoms with Gasteiger partial charge in [-0.1, -0.05) is 23.7 Å². The van der Waals surface area contributed by atoms with Gasteiger partial charge in [0.25, 0.3) is 15.9 Å². The maximum Gasteiger partial charge on any atom is 0.261 e. The third-order valence-corrected chi connectivity index (χ3v) is 6.39. The van der Waals surface area contributed by atoms with Gasteiger partial charge < -0.3 is 10.1 Å². The molecule has 0 saturated heterocycles. The smallest absolute Gasteiger partial charge is 0.261 e. The minimum atomic E-state index is -3.82. The van der Waals surface area contributed by atoms with Crippen molar-refractivity contribution in [3.8, 4) is 17.0 Å². The highest BCUT2D eigenvalue weighted by atomic mass is 35.5. The van der Waals surface area contributed by atoms with E-state index in [4.69, 9.17) is 16.3 Å². The van der Waals surface area contributed by atoms with E-state index in [0.29, 0.717) is 28.0 Å². The summed E-state index contributed by atoms with van der Waals surface area (Å²) in [7, 11) is -2.24. The number of sulfonamides is 1. The van der Waals surface area contributed by atoms with Crippen molar-refractivity contribution in [3.05, 3.63) is 89.4 Å². The van der Waals surface area contributed by atoms with Crippen LogP contribution in [-0.2, 0) is 10.0 Å². The van der Waals surface area contributed by atoms with Gasteiger partial charge in [0, 0.05) is 27.9 Å². The Kier molecular flexibility index (Phi) is 6.34. The molecular formula is C23H19ClN4O4S. The molecule has 4 rings (SSSR count). The number of nitrogens with one attached hydrogen (secondary N) is 3. The number of H-pyrrole nitrogens is 1. The molecule has 33 heavy (non-hydrogen) atoms. The van der Waals surface area contributed by atoms with Crippen LogP contribution in [-0.4, -0.2) is 31.6 Å². The summed E-state index contributed by atoms with van der Waals surface area (Å²) in [4.78, 5) is 12.6. The molecule has 3 N–H and O–H groups in total. The first kappa shape index (κ1) is 22.4. The van der Waals surface area contributed by atoms with Gasteiger partial charge in [-0.15, -0.1) is 0 Å². The number of carbonyl (C=O) groups excluding carboxylic acids is 1. The van der Waals surface area contributed by atoms with E-state index in [9.17, 15) is 13.2 Å². The lowest BCUT2D eigenvalue weighted by molar-refractivity contribution is 0.102. The predicted molar refractivity (Wildman–Crippen MR) is 127 cm³/mol. The molecule has 0 unspecified atom stereocenters. The molecule has 0 aliphatic rings. The predicted octanol–water partition coefficient (Wildman–Crippen LogP) is 4.79. The van der Waals surface area contributed by atoms with Gasteiger partial charge in [-0.25, -0.2) is 8.42 Å². The van der Waals surface area contributed by atoms with E-state index in [1.165, 1.54) is 24.3 Å². The number of para-hydroxylation sites is 1. The van der Waals surface area contributed by atoms with Crippen molar-refractivity contribution in [2.24, 2.45) is 0 Å². The van der Waals surface area contributed by atoms with Crippen molar-refractivity contribution in [1.29, 1.82) is 0 Å². The number of ether oxygens (including phenoxy) is 1. The molecule has 0 aliphatic carbocycles. The molecule has 4 aromatic rings. The van der Waals surface area contributed by atoms with Gasteiger partial charge in [0.05, 0.1) is 17.7 Å². The molecule has 0 atom stereocenters. The van der Waals surface area contributed by atoms with E-state index in [-0.39, 0.29) is 10.5 Å². The Hall–Kier alpha value is -3.82. The van der Waals surface area contributed by atoms with Gasteiger partial charge in [0.1, 0.15) is 5.75 Å². The summed E-state index contributed by atoms with van der Waals surface area (Å²) in [6, 6.07) is 21.0. The second-order valence-electron chi connectivity index (χ2n) is 6.96. The summed E-state index contributed by atoms with van der Waals surface area (Å²) in [5.74, 6) is 0.563. The molecule has 10 heteroatoms. The number of nitrogens with zero attached hydrogens (tertiary/aromatic N) is 1. The maximum absolute atomic E-state index is 12.6. The average molecular weight is 483 g/mol. The van der Waals surface area contributed by atoms with E-state index in [0.717, 1.165) is 5.56 Å². The summed E-state index contributed by atoms with van der Waals surface area (Å²) in [5.41, 5.74) is 2.14. The third kappa shape index (κ3) is 5.16. The van der Waals surface area contributed by atoms with Crippen LogP contribution in [0.2, 0.25) is 5.02 Å². The Labute approximate surface area is 195 Å². The van der Waals surface area contributed by atoms with Gasteiger partial charge in [-0.2, -0.15) is 5.10 Å². The minimum Gasteiger partial charge on any atom is -0.496 e. The number of rotatable bonds is 7. The quantitative estimate of drug-likeness (QED) is 0.350. The fourth-order valence-electron chi connectivity index (χ4n) is 3.10. The highest BCUT2D eigenvalue weighted by molar-refractivity contribution is 7.92. The number of hydrogen-bond acceptors (Lipinski definition) is 5. The molecule has 0 fully saturated rings. The largest absolute Gasteiger partial charge is 0.496 e. The number of aromatic nitrogens is 2. The highest BCUT2D eigenvalue weighted by Crippen LogP contribution is 2.29. The van der Waals surface area contributed by atoms with Gasteiger partial charge in [-0.3, -0.25) is 14.6 Å². The van der Waals surface area contributed by atoms with E-state index in [1.807, 2.05) is 24.3 Å². The lowest BCUT2D eigenvalue weighted by Gasteiger charge is -2.09. The molecule has 3 aromatic carbocycles. The zero-order valence-corrected chi connectivity index (χ0v) is 18.9. The normalized spacial score (nSPS) is 11.1. The monoisotopic (exact) mass is 482 g/mol. The molecule has 1 amide bonds. The first-order chi connectivity index (χ1) is 15.9. The van der Waals surface area contributed by atoms with Gasteiger partial charge in [0.15, 0.2) is 5.82 Å². The van der Waals surface area contributed by atoms with Crippen LogP contribution < -0.4 is 14.8 Å². The lowest BCUT2D eigenvalue weighted by Crippen LogP contribution is -2.15. The standard InChI is InChI=1S/C23H19ClN4O4S/c1-32-21-5-3-2-4-19(21)20-14-22(27-26-20)25-23(29)15-6-12-18(13-7-15)33(30,31)28-17-10-8-16(24)9-11-17/h2-14,28H,1H3,(H2,25,26,27,29). The minimum absolute atomic E-state index is 0.0206. The topological polar surface area (TPSA) is 113 Å². The first-order valence-corrected chi connectivity index (χ1v) is 11.6. The van der Waals surface area contributed by atoms with E-state index in [1.54, 1.807) is 37.4 Å². The van der Waals surface area contributed by atoms with Crippen molar-refractivity contribution in [3.63, 3.8) is 0 Å². The summed E-state index contributed by atoms with van der Waals surface area (Å²) >= 11 is 5.82. The van der Waals surface area contributed by atoms with Gasteiger partial charge in [-0.05, 0) is 60.7 Å². The molecule has 0 radical (unpaired) electrons. The summed E-state index contributed by atoms with van der Waals surface area (Å²) in [6.07, 6.45) is 0. The van der Waals surface area contributed by atoms with Crippen molar-refractivity contribution >= 4 is 39.0 Å². The highest BCUT2D eigenvalue weighted by Gasteiger charge is 2.16. The van der Waals surface area contributed by atoms with Crippen LogP contribution in [0.1, 0.15) is 10.4 Å². The average Bonchev–Trinajstić information content (AvgIpc) is 3.28. The summed E-state index contributed by atoms with van der Waals surface area (Å²) < 4.78 is 33.0. The second-order valence-corrected chi connectivity index (χ2v) is 9.08. The number of carbonyl (C=O) groups is 1. The van der Waals surface area contributed by atoms with E-state index >= 15 is 0 Å². The van der Waals surface area contributed by atoms with Crippen LogP contribution >= 0.6 is 11.6 Å². The molecule has 1 aromatic heterocycles. The molecule has 0 aliphatic heterocycles. The maximum atomic E-state index is 12.6. The van der Waals surface area contributed by atoms with E-state index in [2.05, 4.69) is 20.2 Å². The Balaban J connectivity index is 1.46. The zero-order chi connectivity index (χ0) is 23.4. The number of methoxy groups -OCH3 is 1. The summed E-state index contributed by atoms with van der Waals surface area (Å²) in [5, 5.41) is 10.2. The number of anilines is 2. The van der Waals surface area contributed by atoms with Crippen LogP contribution in [0.4, 0.5) is 11.5 Å². The molecular weight excluding hydrogens is 464 g/mol.